The molecule has 1 rings (SSSR count). The van der Waals surface area contributed by atoms with E-state index in [4.69, 9.17) is 10.8 Å². The summed E-state index contributed by atoms with van der Waals surface area (Å²) < 4.78 is 0. The molecule has 1 aromatic heterocycles. The Bertz CT molecular complexity index is 315. The summed E-state index contributed by atoms with van der Waals surface area (Å²) in [7, 11) is 0. The van der Waals surface area contributed by atoms with Crippen LogP contribution in [0.25, 0.3) is 0 Å². The number of nitrogens with two attached hydrogens (primary N) is 1. The van der Waals surface area contributed by atoms with E-state index in [1.54, 1.807) is 6.20 Å². The molecule has 1 unspecified atom stereocenters. The Morgan fingerprint density at radius 2 is 2.33 bits per heavy atom. The Hall–Kier alpha value is -1.29. The first kappa shape index (κ1) is 11.8. The van der Waals surface area contributed by atoms with Crippen molar-refractivity contribution in [1.82, 2.24) is 4.98 Å². The number of hydrogen-bond acceptors (Lipinski definition) is 4. The van der Waals surface area contributed by atoms with E-state index in [2.05, 4.69) is 17.2 Å². The monoisotopic (exact) mass is 209 g/mol. The molecule has 0 aliphatic rings. The molecule has 84 valence electrons. The van der Waals surface area contributed by atoms with Crippen molar-refractivity contribution in [2.75, 3.05) is 17.7 Å². The number of hydrogen-bond donors (Lipinski definition) is 3. The van der Waals surface area contributed by atoms with Gasteiger partial charge in [-0.15, -0.1) is 0 Å². The van der Waals surface area contributed by atoms with Gasteiger partial charge in [0.2, 0.25) is 0 Å². The average molecular weight is 209 g/mol. The lowest BCUT2D eigenvalue weighted by Crippen LogP contribution is -2.17. The minimum Gasteiger partial charge on any atom is -0.396 e. The SMILES string of the molecule is Cc1cnc(NC(C)CCCO)c(N)c1. The lowest BCUT2D eigenvalue weighted by molar-refractivity contribution is 0.282. The van der Waals surface area contributed by atoms with Crippen molar-refractivity contribution in [2.24, 2.45) is 0 Å². The van der Waals surface area contributed by atoms with Crippen LogP contribution < -0.4 is 11.1 Å². The Morgan fingerprint density at radius 3 is 2.93 bits per heavy atom. The summed E-state index contributed by atoms with van der Waals surface area (Å²) in [6.45, 7) is 4.24. The van der Waals surface area contributed by atoms with E-state index in [0.717, 1.165) is 24.2 Å². The zero-order valence-electron chi connectivity index (χ0n) is 9.33. The Labute approximate surface area is 90.5 Å². The molecule has 0 bridgehead atoms. The van der Waals surface area contributed by atoms with Gasteiger partial charge in [0, 0.05) is 18.8 Å². The van der Waals surface area contributed by atoms with Gasteiger partial charge in [-0.05, 0) is 38.3 Å². The fraction of sp³-hybridized carbons (Fsp3) is 0.545. The van der Waals surface area contributed by atoms with Crippen LogP contribution in [0.3, 0.4) is 0 Å². The number of nitrogen functional groups attached to an aromatic ring is 1. The van der Waals surface area contributed by atoms with Crippen LogP contribution in [0.5, 0.6) is 0 Å². The maximum Gasteiger partial charge on any atom is 0.149 e. The summed E-state index contributed by atoms with van der Waals surface area (Å²) in [5.74, 6) is 0.728. The molecule has 0 aliphatic carbocycles. The van der Waals surface area contributed by atoms with Crippen molar-refractivity contribution in [2.45, 2.75) is 32.7 Å². The third-order valence-corrected chi connectivity index (χ3v) is 2.23. The highest BCUT2D eigenvalue weighted by Gasteiger charge is 2.05. The number of aliphatic hydroxyl groups excluding tert-OH is 1. The summed E-state index contributed by atoms with van der Waals surface area (Å²) in [5.41, 5.74) is 7.55. The van der Waals surface area contributed by atoms with Gasteiger partial charge in [0.15, 0.2) is 0 Å². The van der Waals surface area contributed by atoms with Crippen LogP contribution in [-0.4, -0.2) is 22.7 Å². The number of nitrogens with zero attached hydrogens (tertiary/aromatic N) is 1. The highest BCUT2D eigenvalue weighted by molar-refractivity contribution is 5.61. The van der Waals surface area contributed by atoms with Crippen LogP contribution in [0, 0.1) is 6.92 Å². The summed E-state index contributed by atoms with van der Waals surface area (Å²) >= 11 is 0. The number of aliphatic hydroxyl groups is 1. The number of anilines is 2. The van der Waals surface area contributed by atoms with Crippen molar-refractivity contribution in [3.05, 3.63) is 17.8 Å². The maximum absolute atomic E-state index is 8.70. The topological polar surface area (TPSA) is 71.2 Å². The van der Waals surface area contributed by atoms with Gasteiger partial charge in [0.05, 0.1) is 5.69 Å². The average Bonchev–Trinajstić information content (AvgIpc) is 2.19. The number of pyridine rings is 1. The molecule has 0 radical (unpaired) electrons. The van der Waals surface area contributed by atoms with Gasteiger partial charge in [0.1, 0.15) is 5.82 Å². The highest BCUT2D eigenvalue weighted by atomic mass is 16.2. The normalized spacial score (nSPS) is 12.5. The molecule has 4 N–H and O–H groups in total. The minimum absolute atomic E-state index is 0.225. The third-order valence-electron chi connectivity index (χ3n) is 2.23. The molecule has 0 aromatic carbocycles. The van der Waals surface area contributed by atoms with E-state index >= 15 is 0 Å². The van der Waals surface area contributed by atoms with Gasteiger partial charge in [-0.1, -0.05) is 0 Å². The zero-order chi connectivity index (χ0) is 11.3. The summed E-state index contributed by atoms with van der Waals surface area (Å²) in [6.07, 6.45) is 3.49. The first-order chi connectivity index (χ1) is 7.13. The first-order valence-electron chi connectivity index (χ1n) is 5.23. The summed E-state index contributed by atoms with van der Waals surface area (Å²) in [5, 5.41) is 11.9. The van der Waals surface area contributed by atoms with Crippen LogP contribution in [-0.2, 0) is 0 Å². The largest absolute Gasteiger partial charge is 0.396 e. The van der Waals surface area contributed by atoms with Gasteiger partial charge >= 0.3 is 0 Å². The van der Waals surface area contributed by atoms with Crippen LogP contribution in [0.15, 0.2) is 12.3 Å². The molecule has 0 saturated heterocycles. The van der Waals surface area contributed by atoms with Crippen LogP contribution in [0.4, 0.5) is 11.5 Å². The number of aryl methyl sites for hydroxylation is 1. The van der Waals surface area contributed by atoms with Gasteiger partial charge in [-0.25, -0.2) is 4.98 Å². The predicted molar refractivity (Wildman–Crippen MR) is 62.8 cm³/mol. The van der Waals surface area contributed by atoms with E-state index in [-0.39, 0.29) is 12.6 Å². The standard InChI is InChI=1S/C11H19N3O/c1-8-6-10(12)11(13-7-8)14-9(2)4-3-5-15/h6-7,9,15H,3-5,12H2,1-2H3,(H,13,14). The minimum atomic E-state index is 0.225. The highest BCUT2D eigenvalue weighted by Crippen LogP contribution is 2.17. The lowest BCUT2D eigenvalue weighted by atomic mass is 10.2. The molecule has 0 spiro atoms. The second kappa shape index (κ2) is 5.56. The molecule has 0 fully saturated rings. The van der Waals surface area contributed by atoms with Crippen molar-refractivity contribution >= 4 is 11.5 Å². The molecule has 0 aliphatic heterocycles. The fourth-order valence-corrected chi connectivity index (χ4v) is 1.42. The Kier molecular flexibility index (Phi) is 4.37. The molecule has 0 amide bonds. The van der Waals surface area contributed by atoms with Crippen molar-refractivity contribution in [3.63, 3.8) is 0 Å². The zero-order valence-corrected chi connectivity index (χ0v) is 9.33. The van der Waals surface area contributed by atoms with Crippen LogP contribution >= 0.6 is 0 Å². The molecule has 0 saturated carbocycles. The second-order valence-corrected chi connectivity index (χ2v) is 3.86. The molecule has 4 nitrogen and oxygen atoms in total. The second-order valence-electron chi connectivity index (χ2n) is 3.86. The van der Waals surface area contributed by atoms with E-state index in [1.807, 2.05) is 13.0 Å². The fourth-order valence-electron chi connectivity index (χ4n) is 1.42. The van der Waals surface area contributed by atoms with Crippen LogP contribution in [0.2, 0.25) is 0 Å². The van der Waals surface area contributed by atoms with Crippen molar-refractivity contribution in [3.8, 4) is 0 Å². The quantitative estimate of drug-likeness (QED) is 0.688. The lowest BCUT2D eigenvalue weighted by Gasteiger charge is -2.15. The number of nitrogens with one attached hydrogen (secondary N) is 1. The molecule has 15 heavy (non-hydrogen) atoms. The summed E-state index contributed by atoms with van der Waals surface area (Å²) in [6, 6.07) is 2.17. The van der Waals surface area contributed by atoms with E-state index in [1.165, 1.54) is 0 Å². The molecule has 1 atom stereocenters. The number of rotatable bonds is 5. The Balaban J connectivity index is 2.56. The van der Waals surface area contributed by atoms with Gasteiger partial charge in [-0.2, -0.15) is 0 Å². The van der Waals surface area contributed by atoms with E-state index in [9.17, 15) is 0 Å². The van der Waals surface area contributed by atoms with Crippen molar-refractivity contribution in [1.29, 1.82) is 0 Å². The molecule has 1 heterocycles. The van der Waals surface area contributed by atoms with Crippen LogP contribution in [0.1, 0.15) is 25.3 Å². The summed E-state index contributed by atoms with van der Waals surface area (Å²) in [4.78, 5) is 4.23. The molecule has 4 heteroatoms. The third kappa shape index (κ3) is 3.75. The molecule has 1 aromatic rings. The van der Waals surface area contributed by atoms with E-state index < -0.39 is 0 Å². The molecular formula is C11H19N3O. The maximum atomic E-state index is 8.70. The number of aromatic nitrogens is 1. The van der Waals surface area contributed by atoms with E-state index in [0.29, 0.717) is 5.69 Å². The predicted octanol–water partition coefficient (Wildman–Crippen LogP) is 1.55. The van der Waals surface area contributed by atoms with Gasteiger partial charge < -0.3 is 16.2 Å². The van der Waals surface area contributed by atoms with Gasteiger partial charge in [0.25, 0.3) is 0 Å². The smallest absolute Gasteiger partial charge is 0.149 e. The molecular weight excluding hydrogens is 190 g/mol. The Morgan fingerprint density at radius 1 is 1.60 bits per heavy atom. The van der Waals surface area contributed by atoms with Gasteiger partial charge in [-0.3, -0.25) is 0 Å². The first-order valence-corrected chi connectivity index (χ1v) is 5.23. The van der Waals surface area contributed by atoms with Crippen molar-refractivity contribution < 1.29 is 5.11 Å².